The first-order chi connectivity index (χ1) is 8.40. The van der Waals surface area contributed by atoms with Gasteiger partial charge < -0.3 is 15.8 Å². The molecule has 0 heterocycles. The zero-order valence-electron chi connectivity index (χ0n) is 10.9. The smallest absolute Gasteiger partial charge is 0.223 e. The summed E-state index contributed by atoms with van der Waals surface area (Å²) in [7, 11) is 0. The summed E-state index contributed by atoms with van der Waals surface area (Å²) in [5.41, 5.74) is 7.39. The van der Waals surface area contributed by atoms with E-state index in [1.165, 1.54) is 0 Å². The quantitative estimate of drug-likeness (QED) is 0.821. The second kappa shape index (κ2) is 6.64. The molecule has 3 N–H and O–H groups in total. The molecule has 0 aliphatic heterocycles. The van der Waals surface area contributed by atoms with Crippen molar-refractivity contribution in [2.75, 3.05) is 12.3 Å². The molecule has 1 amide bonds. The Morgan fingerprint density at radius 1 is 1.50 bits per heavy atom. The molecule has 0 aliphatic rings. The molecule has 0 saturated heterocycles. The molecule has 0 bridgehead atoms. The van der Waals surface area contributed by atoms with Gasteiger partial charge in [-0.3, -0.25) is 4.79 Å². The Hall–Kier alpha value is -1.23. The third-order valence-electron chi connectivity index (χ3n) is 2.29. The van der Waals surface area contributed by atoms with Crippen LogP contribution in [0, 0.1) is 6.92 Å². The maximum atomic E-state index is 11.4. The Balaban J connectivity index is 2.52. The van der Waals surface area contributed by atoms with Crippen molar-refractivity contribution in [2.45, 2.75) is 33.2 Å². The van der Waals surface area contributed by atoms with Gasteiger partial charge in [0.15, 0.2) is 0 Å². The van der Waals surface area contributed by atoms with Crippen molar-refractivity contribution >= 4 is 27.5 Å². The molecule has 0 aliphatic carbocycles. The maximum Gasteiger partial charge on any atom is 0.223 e. The second-order valence-corrected chi connectivity index (χ2v) is 5.38. The number of carbonyl (C=O) groups is 1. The lowest BCUT2D eigenvalue weighted by Crippen LogP contribution is -2.31. The number of hydrogen-bond acceptors (Lipinski definition) is 3. The molecule has 0 radical (unpaired) electrons. The fourth-order valence-electron chi connectivity index (χ4n) is 1.59. The van der Waals surface area contributed by atoms with Gasteiger partial charge in [-0.05, 0) is 38.5 Å². The molecule has 0 atom stereocenters. The number of aryl methyl sites for hydroxylation is 1. The summed E-state index contributed by atoms with van der Waals surface area (Å²) < 4.78 is 6.49. The van der Waals surface area contributed by atoms with Crippen molar-refractivity contribution in [1.29, 1.82) is 0 Å². The third kappa shape index (κ3) is 4.56. The Morgan fingerprint density at radius 2 is 2.17 bits per heavy atom. The molecule has 0 fully saturated rings. The zero-order chi connectivity index (χ0) is 13.7. The third-order valence-corrected chi connectivity index (χ3v) is 2.75. The molecule has 1 aromatic rings. The highest BCUT2D eigenvalue weighted by Gasteiger charge is 2.08. The van der Waals surface area contributed by atoms with Crippen LogP contribution in [-0.4, -0.2) is 18.6 Å². The van der Waals surface area contributed by atoms with E-state index >= 15 is 0 Å². The number of rotatable bonds is 5. The summed E-state index contributed by atoms with van der Waals surface area (Å²) in [6, 6.07) is 3.87. The van der Waals surface area contributed by atoms with E-state index < -0.39 is 0 Å². The summed E-state index contributed by atoms with van der Waals surface area (Å²) in [5, 5.41) is 2.81. The van der Waals surface area contributed by atoms with Crippen molar-refractivity contribution in [1.82, 2.24) is 5.32 Å². The van der Waals surface area contributed by atoms with Crippen molar-refractivity contribution in [3.05, 3.63) is 22.2 Å². The van der Waals surface area contributed by atoms with E-state index in [2.05, 4.69) is 21.2 Å². The highest BCUT2D eigenvalue weighted by Crippen LogP contribution is 2.30. The first kappa shape index (κ1) is 14.8. The van der Waals surface area contributed by atoms with E-state index in [9.17, 15) is 4.79 Å². The minimum Gasteiger partial charge on any atom is -0.491 e. The van der Waals surface area contributed by atoms with Crippen LogP contribution in [-0.2, 0) is 4.79 Å². The Bertz CT molecular complexity index is 410. The number of hydrogen-bond donors (Lipinski definition) is 2. The van der Waals surface area contributed by atoms with Crippen LogP contribution in [0.2, 0.25) is 0 Å². The van der Waals surface area contributed by atoms with E-state index in [4.69, 9.17) is 10.5 Å². The van der Waals surface area contributed by atoms with Gasteiger partial charge in [-0.25, -0.2) is 0 Å². The molecule has 0 saturated carbocycles. The SMILES string of the molecule is Cc1cc(Br)cc(N)c1OCCC(=O)NC(C)C. The van der Waals surface area contributed by atoms with E-state index in [0.717, 1.165) is 10.0 Å². The predicted molar refractivity (Wildman–Crippen MR) is 76.7 cm³/mol. The molecule has 100 valence electrons. The van der Waals surface area contributed by atoms with Crippen LogP contribution in [0.4, 0.5) is 5.69 Å². The molecule has 0 unspecified atom stereocenters. The fourth-order valence-corrected chi connectivity index (χ4v) is 2.18. The first-order valence-corrected chi connectivity index (χ1v) is 6.67. The van der Waals surface area contributed by atoms with E-state index in [1.54, 1.807) is 6.07 Å². The molecule has 5 heteroatoms. The van der Waals surface area contributed by atoms with E-state index in [-0.39, 0.29) is 11.9 Å². The second-order valence-electron chi connectivity index (χ2n) is 4.46. The van der Waals surface area contributed by atoms with Crippen LogP contribution in [0.1, 0.15) is 25.8 Å². The summed E-state index contributed by atoms with van der Waals surface area (Å²) in [6.07, 6.45) is 0.327. The van der Waals surface area contributed by atoms with Gasteiger partial charge in [0.1, 0.15) is 5.75 Å². The number of nitrogens with two attached hydrogens (primary N) is 1. The van der Waals surface area contributed by atoms with Crippen LogP contribution in [0.5, 0.6) is 5.75 Å². The van der Waals surface area contributed by atoms with Crippen molar-refractivity contribution in [2.24, 2.45) is 0 Å². The van der Waals surface area contributed by atoms with Gasteiger partial charge in [0, 0.05) is 10.5 Å². The van der Waals surface area contributed by atoms with Crippen LogP contribution >= 0.6 is 15.9 Å². The van der Waals surface area contributed by atoms with Gasteiger partial charge in [-0.2, -0.15) is 0 Å². The van der Waals surface area contributed by atoms with E-state index in [0.29, 0.717) is 24.5 Å². The minimum absolute atomic E-state index is 0.0154. The number of halogens is 1. The summed E-state index contributed by atoms with van der Waals surface area (Å²) in [6.45, 7) is 6.10. The van der Waals surface area contributed by atoms with Crippen molar-refractivity contribution < 1.29 is 9.53 Å². The molecule has 18 heavy (non-hydrogen) atoms. The molecule has 1 rings (SSSR count). The van der Waals surface area contributed by atoms with Crippen LogP contribution in [0.3, 0.4) is 0 Å². The average Bonchev–Trinajstić information content (AvgIpc) is 2.20. The molecule has 4 nitrogen and oxygen atoms in total. The van der Waals surface area contributed by atoms with Crippen LogP contribution < -0.4 is 15.8 Å². The van der Waals surface area contributed by atoms with Gasteiger partial charge in [-0.15, -0.1) is 0 Å². The monoisotopic (exact) mass is 314 g/mol. The number of ether oxygens (including phenoxy) is 1. The predicted octanol–water partition coefficient (Wildman–Crippen LogP) is 2.63. The number of nitrogen functional groups attached to an aromatic ring is 1. The molecule has 1 aromatic carbocycles. The van der Waals surface area contributed by atoms with Crippen molar-refractivity contribution in [3.8, 4) is 5.75 Å². The maximum absolute atomic E-state index is 11.4. The molecule has 0 spiro atoms. The Labute approximate surface area is 116 Å². The summed E-state index contributed by atoms with van der Waals surface area (Å²) in [4.78, 5) is 11.4. The number of carbonyl (C=O) groups excluding carboxylic acids is 1. The first-order valence-electron chi connectivity index (χ1n) is 5.88. The van der Waals surface area contributed by atoms with Gasteiger partial charge in [-0.1, -0.05) is 15.9 Å². The highest BCUT2D eigenvalue weighted by molar-refractivity contribution is 9.10. The van der Waals surface area contributed by atoms with Crippen LogP contribution in [0.25, 0.3) is 0 Å². The van der Waals surface area contributed by atoms with E-state index in [1.807, 2.05) is 26.8 Å². The highest BCUT2D eigenvalue weighted by atomic mass is 79.9. The lowest BCUT2D eigenvalue weighted by Gasteiger charge is -2.13. The lowest BCUT2D eigenvalue weighted by molar-refractivity contribution is -0.122. The Morgan fingerprint density at radius 3 is 2.72 bits per heavy atom. The summed E-state index contributed by atoms with van der Waals surface area (Å²) >= 11 is 3.37. The molecular formula is C13H19BrN2O2. The average molecular weight is 315 g/mol. The van der Waals surface area contributed by atoms with Gasteiger partial charge in [0.25, 0.3) is 0 Å². The normalized spacial score (nSPS) is 10.5. The van der Waals surface area contributed by atoms with Gasteiger partial charge in [0.2, 0.25) is 5.91 Å². The number of amides is 1. The Kier molecular flexibility index (Phi) is 5.47. The summed E-state index contributed by atoms with van der Waals surface area (Å²) in [5.74, 6) is 0.633. The lowest BCUT2D eigenvalue weighted by atomic mass is 10.2. The van der Waals surface area contributed by atoms with Gasteiger partial charge >= 0.3 is 0 Å². The standard InChI is InChI=1S/C13H19BrN2O2/c1-8(2)16-12(17)4-5-18-13-9(3)6-10(14)7-11(13)15/h6-8H,4-5,15H2,1-3H3,(H,16,17). The topological polar surface area (TPSA) is 64.3 Å². The minimum atomic E-state index is -0.0154. The zero-order valence-corrected chi connectivity index (χ0v) is 12.5. The number of anilines is 1. The fraction of sp³-hybridized carbons (Fsp3) is 0.462. The van der Waals surface area contributed by atoms with Gasteiger partial charge in [0.05, 0.1) is 18.7 Å². The molecular weight excluding hydrogens is 296 g/mol. The van der Waals surface area contributed by atoms with Crippen LogP contribution in [0.15, 0.2) is 16.6 Å². The number of nitrogens with one attached hydrogen (secondary N) is 1. The van der Waals surface area contributed by atoms with Crippen molar-refractivity contribution in [3.63, 3.8) is 0 Å². The largest absolute Gasteiger partial charge is 0.491 e. The number of benzene rings is 1. The molecule has 0 aromatic heterocycles.